The van der Waals surface area contributed by atoms with Crippen LogP contribution >= 0.6 is 11.8 Å². The maximum atomic E-state index is 8.74. The Morgan fingerprint density at radius 1 is 1.36 bits per heavy atom. The van der Waals surface area contributed by atoms with Crippen molar-refractivity contribution in [3.63, 3.8) is 0 Å². The molecule has 54 valence electrons. The van der Waals surface area contributed by atoms with Crippen molar-refractivity contribution >= 4 is 11.8 Å². The number of hydrogen-bond donors (Lipinski definition) is 0. The Bertz CT molecular complexity index is 325. The fourth-order valence-corrected chi connectivity index (χ4v) is 2.45. The van der Waals surface area contributed by atoms with E-state index in [1.807, 2.05) is 23.9 Å². The summed E-state index contributed by atoms with van der Waals surface area (Å²) in [4.78, 5) is 0. The largest absolute Gasteiger partial charge is 0.192 e. The zero-order chi connectivity index (χ0) is 7.68. The van der Waals surface area contributed by atoms with Gasteiger partial charge in [0.15, 0.2) is 0 Å². The second-order valence-electron chi connectivity index (χ2n) is 2.55. The van der Waals surface area contributed by atoms with Gasteiger partial charge in [0, 0.05) is 11.5 Å². The van der Waals surface area contributed by atoms with Crippen molar-refractivity contribution in [2.75, 3.05) is 0 Å². The summed E-state index contributed by atoms with van der Waals surface area (Å²) in [6.07, 6.45) is 0. The Morgan fingerprint density at radius 3 is 3.09 bits per heavy atom. The van der Waals surface area contributed by atoms with Gasteiger partial charge in [0.05, 0.1) is 11.6 Å². The van der Waals surface area contributed by atoms with E-state index in [1.165, 1.54) is 11.1 Å². The molecule has 1 aromatic rings. The molecule has 0 bridgehead atoms. The second kappa shape index (κ2) is 2.60. The molecule has 0 saturated carbocycles. The first-order valence-corrected chi connectivity index (χ1v) is 4.66. The molecule has 0 radical (unpaired) electrons. The highest BCUT2D eigenvalue weighted by Crippen LogP contribution is 2.31. The van der Waals surface area contributed by atoms with Crippen LogP contribution in [0.5, 0.6) is 0 Å². The summed E-state index contributed by atoms with van der Waals surface area (Å²) in [5, 5.41) is 8.74. The second-order valence-corrected chi connectivity index (χ2v) is 3.53. The standard InChI is InChI=1S/C9H7NS/c10-4-7-2-1-3-8-5-11-6-9(7)8/h1-3H,5-6H2. The Hall–Kier alpha value is -0.940. The number of nitriles is 1. The Kier molecular flexibility index (Phi) is 1.59. The predicted octanol–water partition coefficient (Wildman–Crippen LogP) is 2.31. The summed E-state index contributed by atoms with van der Waals surface area (Å²) in [6, 6.07) is 8.18. The third-order valence-electron chi connectivity index (χ3n) is 1.90. The van der Waals surface area contributed by atoms with Gasteiger partial charge in [-0.1, -0.05) is 12.1 Å². The van der Waals surface area contributed by atoms with Crippen LogP contribution in [0.1, 0.15) is 16.7 Å². The van der Waals surface area contributed by atoms with Gasteiger partial charge >= 0.3 is 0 Å². The monoisotopic (exact) mass is 161 g/mol. The molecule has 0 N–H and O–H groups in total. The summed E-state index contributed by atoms with van der Waals surface area (Å²) in [7, 11) is 0. The van der Waals surface area contributed by atoms with Crippen molar-refractivity contribution in [2.24, 2.45) is 0 Å². The molecule has 1 aliphatic rings. The molecule has 0 amide bonds. The van der Waals surface area contributed by atoms with Crippen LogP contribution in [0.2, 0.25) is 0 Å². The summed E-state index contributed by atoms with van der Waals surface area (Å²) in [5.41, 5.74) is 3.45. The molecular formula is C9H7NS. The molecular weight excluding hydrogens is 154 g/mol. The number of hydrogen-bond acceptors (Lipinski definition) is 2. The van der Waals surface area contributed by atoms with Crippen molar-refractivity contribution in [1.82, 2.24) is 0 Å². The van der Waals surface area contributed by atoms with Crippen LogP contribution in [-0.2, 0) is 11.5 Å². The molecule has 0 unspecified atom stereocenters. The van der Waals surface area contributed by atoms with Crippen molar-refractivity contribution in [2.45, 2.75) is 11.5 Å². The smallest absolute Gasteiger partial charge is 0.0994 e. The molecule has 11 heavy (non-hydrogen) atoms. The van der Waals surface area contributed by atoms with E-state index in [2.05, 4.69) is 12.1 Å². The highest BCUT2D eigenvalue weighted by molar-refractivity contribution is 7.98. The van der Waals surface area contributed by atoms with Crippen LogP contribution in [-0.4, -0.2) is 0 Å². The van der Waals surface area contributed by atoms with Crippen molar-refractivity contribution in [3.05, 3.63) is 34.9 Å². The van der Waals surface area contributed by atoms with Gasteiger partial charge in [-0.25, -0.2) is 0 Å². The van der Waals surface area contributed by atoms with Gasteiger partial charge in [0.2, 0.25) is 0 Å². The van der Waals surface area contributed by atoms with Crippen LogP contribution in [0.25, 0.3) is 0 Å². The Balaban J connectivity index is 2.61. The molecule has 0 saturated heterocycles. The zero-order valence-corrected chi connectivity index (χ0v) is 6.82. The molecule has 0 fully saturated rings. The Morgan fingerprint density at radius 2 is 2.27 bits per heavy atom. The third-order valence-corrected chi connectivity index (χ3v) is 2.91. The van der Waals surface area contributed by atoms with Gasteiger partial charge in [-0.2, -0.15) is 17.0 Å². The van der Waals surface area contributed by atoms with Gasteiger partial charge < -0.3 is 0 Å². The first-order chi connectivity index (χ1) is 5.42. The molecule has 0 aromatic heterocycles. The normalized spacial score (nSPS) is 14.1. The number of rotatable bonds is 0. The minimum absolute atomic E-state index is 0.854. The number of thioether (sulfide) groups is 1. The van der Waals surface area contributed by atoms with E-state index < -0.39 is 0 Å². The molecule has 1 aliphatic heterocycles. The van der Waals surface area contributed by atoms with Gasteiger partial charge in [0.25, 0.3) is 0 Å². The van der Waals surface area contributed by atoms with Crippen LogP contribution in [0, 0.1) is 11.3 Å². The average Bonchev–Trinajstić information content (AvgIpc) is 2.50. The van der Waals surface area contributed by atoms with Gasteiger partial charge in [-0.3, -0.25) is 0 Å². The van der Waals surface area contributed by atoms with Gasteiger partial charge in [0.1, 0.15) is 0 Å². The summed E-state index contributed by atoms with van der Waals surface area (Å²) < 4.78 is 0. The van der Waals surface area contributed by atoms with E-state index in [0.717, 1.165) is 17.1 Å². The fourth-order valence-electron chi connectivity index (χ4n) is 1.31. The van der Waals surface area contributed by atoms with E-state index in [4.69, 9.17) is 5.26 Å². The van der Waals surface area contributed by atoms with Crippen molar-refractivity contribution < 1.29 is 0 Å². The highest BCUT2D eigenvalue weighted by atomic mass is 32.2. The fraction of sp³-hybridized carbons (Fsp3) is 0.222. The molecule has 2 rings (SSSR count). The van der Waals surface area contributed by atoms with E-state index in [1.54, 1.807) is 0 Å². The van der Waals surface area contributed by atoms with E-state index in [9.17, 15) is 0 Å². The highest BCUT2D eigenvalue weighted by Gasteiger charge is 2.13. The minimum atomic E-state index is 0.854. The van der Waals surface area contributed by atoms with Crippen LogP contribution in [0.15, 0.2) is 18.2 Å². The summed E-state index contributed by atoms with van der Waals surface area (Å²) in [5.74, 6) is 2.09. The lowest BCUT2D eigenvalue weighted by molar-refractivity contribution is 1.31. The lowest BCUT2D eigenvalue weighted by Crippen LogP contribution is -1.86. The average molecular weight is 161 g/mol. The van der Waals surface area contributed by atoms with E-state index >= 15 is 0 Å². The van der Waals surface area contributed by atoms with Crippen LogP contribution in [0.3, 0.4) is 0 Å². The maximum Gasteiger partial charge on any atom is 0.0994 e. The molecule has 1 aromatic carbocycles. The Labute approximate surface area is 70.0 Å². The topological polar surface area (TPSA) is 23.8 Å². The third kappa shape index (κ3) is 1.02. The lowest BCUT2D eigenvalue weighted by atomic mass is 10.1. The van der Waals surface area contributed by atoms with Gasteiger partial charge in [-0.15, -0.1) is 0 Å². The summed E-state index contributed by atoms with van der Waals surface area (Å²) in [6.45, 7) is 0. The zero-order valence-electron chi connectivity index (χ0n) is 6.00. The molecule has 0 aliphatic carbocycles. The van der Waals surface area contributed by atoms with Crippen molar-refractivity contribution in [1.29, 1.82) is 5.26 Å². The number of nitrogens with zero attached hydrogens (tertiary/aromatic N) is 1. The van der Waals surface area contributed by atoms with E-state index in [0.29, 0.717) is 0 Å². The number of benzene rings is 1. The minimum Gasteiger partial charge on any atom is -0.192 e. The summed E-state index contributed by atoms with van der Waals surface area (Å²) >= 11 is 1.88. The van der Waals surface area contributed by atoms with E-state index in [-0.39, 0.29) is 0 Å². The van der Waals surface area contributed by atoms with Crippen LogP contribution in [0.4, 0.5) is 0 Å². The first-order valence-electron chi connectivity index (χ1n) is 3.50. The predicted molar refractivity (Wildman–Crippen MR) is 46.2 cm³/mol. The quantitative estimate of drug-likeness (QED) is 0.583. The number of fused-ring (bicyclic) bond motifs is 1. The molecule has 2 heteroatoms. The lowest BCUT2D eigenvalue weighted by Gasteiger charge is -1.97. The molecule has 0 atom stereocenters. The molecule has 1 heterocycles. The van der Waals surface area contributed by atoms with Gasteiger partial charge in [-0.05, 0) is 17.2 Å². The first kappa shape index (κ1) is 6.75. The molecule has 1 nitrogen and oxygen atoms in total. The molecule has 0 spiro atoms. The SMILES string of the molecule is N#Cc1cccc2c1CSC2. The maximum absolute atomic E-state index is 8.74. The van der Waals surface area contributed by atoms with Crippen molar-refractivity contribution in [3.8, 4) is 6.07 Å². The van der Waals surface area contributed by atoms with Crippen LogP contribution < -0.4 is 0 Å².